The molecular formula is C35H52O5Si2. The Hall–Kier alpha value is -2.01. The van der Waals surface area contributed by atoms with Crippen LogP contribution in [0.15, 0.2) is 43.5 Å². The summed E-state index contributed by atoms with van der Waals surface area (Å²) in [5.41, 5.74) is 8.05. The van der Waals surface area contributed by atoms with Crippen molar-refractivity contribution >= 4 is 16.6 Å². The highest BCUT2D eigenvalue weighted by atomic mass is 28.4. The lowest BCUT2D eigenvalue weighted by atomic mass is 9.76. The summed E-state index contributed by atoms with van der Waals surface area (Å²) in [6, 6.07) is 6.52. The lowest BCUT2D eigenvalue weighted by molar-refractivity contribution is -0.165. The van der Waals surface area contributed by atoms with Gasteiger partial charge >= 0.3 is 0 Å². The molecule has 0 spiro atoms. The first-order chi connectivity index (χ1) is 19.2. The molecule has 5 nitrogen and oxygen atoms in total. The fraction of sp³-hybridized carbons (Fsp3) is 0.543. The number of rotatable bonds is 8. The predicted octanol–water partition coefficient (Wildman–Crippen LogP) is 9.40. The molecule has 0 saturated carbocycles. The average molecular weight is 609 g/mol. The lowest BCUT2D eigenvalue weighted by Crippen LogP contribution is -2.43. The minimum atomic E-state index is -2.22. The Kier molecular flexibility index (Phi) is 8.51. The molecule has 7 heteroatoms. The van der Waals surface area contributed by atoms with E-state index in [0.717, 1.165) is 45.6 Å². The van der Waals surface area contributed by atoms with Crippen LogP contribution in [0.2, 0.25) is 36.3 Å². The first-order valence-electron chi connectivity index (χ1n) is 15.1. The van der Waals surface area contributed by atoms with E-state index in [1.54, 1.807) is 7.11 Å². The normalized spacial score (nSPS) is 21.3. The summed E-state index contributed by atoms with van der Waals surface area (Å²) in [4.78, 5) is 0. The Balaban J connectivity index is 2.08. The summed E-state index contributed by atoms with van der Waals surface area (Å²) in [5.74, 6) is -0.807. The zero-order valence-electron chi connectivity index (χ0n) is 28.0. The van der Waals surface area contributed by atoms with Crippen molar-refractivity contribution in [2.24, 2.45) is 0 Å². The van der Waals surface area contributed by atoms with E-state index < -0.39 is 28.5 Å². The van der Waals surface area contributed by atoms with Crippen molar-refractivity contribution in [3.63, 3.8) is 0 Å². The third-order valence-corrected chi connectivity index (χ3v) is 19.1. The van der Waals surface area contributed by atoms with Crippen LogP contribution in [0.4, 0.5) is 0 Å². The van der Waals surface area contributed by atoms with E-state index in [1.165, 1.54) is 11.6 Å². The molecule has 1 N–H and O–H groups in total. The van der Waals surface area contributed by atoms with Crippen LogP contribution in [0.3, 0.4) is 0 Å². The third-order valence-electron chi connectivity index (χ3n) is 10.1. The molecule has 0 fully saturated rings. The number of methoxy groups -OCH3 is 1. The van der Waals surface area contributed by atoms with Crippen molar-refractivity contribution in [1.29, 1.82) is 0 Å². The van der Waals surface area contributed by atoms with E-state index in [1.807, 2.05) is 6.08 Å². The molecule has 0 amide bonds. The van der Waals surface area contributed by atoms with E-state index in [-0.39, 0.29) is 22.8 Å². The van der Waals surface area contributed by atoms with Gasteiger partial charge in [-0.25, -0.2) is 0 Å². The maximum atomic E-state index is 11.8. The highest BCUT2D eigenvalue weighted by Gasteiger charge is 2.48. The Morgan fingerprint density at radius 3 is 2.17 bits per heavy atom. The first kappa shape index (κ1) is 32.9. The van der Waals surface area contributed by atoms with Crippen molar-refractivity contribution in [2.75, 3.05) is 7.11 Å². The minimum absolute atomic E-state index is 0.00761. The maximum Gasteiger partial charge on any atom is 0.213 e. The second-order valence-corrected chi connectivity index (χ2v) is 24.6. The zero-order valence-corrected chi connectivity index (χ0v) is 30.0. The molecule has 1 heterocycles. The van der Waals surface area contributed by atoms with E-state index >= 15 is 0 Å². The van der Waals surface area contributed by atoms with Crippen molar-refractivity contribution < 1.29 is 23.4 Å². The third kappa shape index (κ3) is 5.53. The second kappa shape index (κ2) is 10.9. The van der Waals surface area contributed by atoms with E-state index in [2.05, 4.69) is 106 Å². The molecule has 3 unspecified atom stereocenters. The number of ether oxygens (including phenoxy) is 2. The SMILES string of the molecule is C=CC(O[Si](C)(C)C(C)(C)C)c1cc2c(c3c1C(O)(C=C)OC3)C(O[Si](C)(C)C(C)(C)C)Cc1cc(C)cc(OC)c1-2. The van der Waals surface area contributed by atoms with Gasteiger partial charge in [-0.1, -0.05) is 60.3 Å². The van der Waals surface area contributed by atoms with Crippen LogP contribution in [0.25, 0.3) is 11.1 Å². The number of aryl methyl sites for hydroxylation is 1. The van der Waals surface area contributed by atoms with Gasteiger partial charge in [-0.15, -0.1) is 6.58 Å². The van der Waals surface area contributed by atoms with Crippen molar-refractivity contribution in [2.45, 2.75) is 116 Å². The second-order valence-electron chi connectivity index (χ2n) is 15.1. The topological polar surface area (TPSA) is 57.2 Å². The van der Waals surface area contributed by atoms with Gasteiger partial charge in [-0.3, -0.25) is 0 Å². The fourth-order valence-electron chi connectivity index (χ4n) is 5.69. The minimum Gasteiger partial charge on any atom is -0.496 e. The number of benzene rings is 2. The molecule has 0 bridgehead atoms. The van der Waals surface area contributed by atoms with Gasteiger partial charge in [0, 0.05) is 17.5 Å². The Morgan fingerprint density at radius 2 is 1.64 bits per heavy atom. The number of aliphatic hydroxyl groups is 1. The Bertz CT molecular complexity index is 1400. The summed E-state index contributed by atoms with van der Waals surface area (Å²) in [5, 5.41) is 11.9. The molecule has 2 aliphatic rings. The molecule has 1 aliphatic heterocycles. The molecule has 0 radical (unpaired) electrons. The van der Waals surface area contributed by atoms with Crippen LogP contribution in [0.5, 0.6) is 5.75 Å². The molecule has 42 heavy (non-hydrogen) atoms. The van der Waals surface area contributed by atoms with Crippen LogP contribution in [-0.4, -0.2) is 28.9 Å². The average Bonchev–Trinajstić information content (AvgIpc) is 3.22. The lowest BCUT2D eigenvalue weighted by Gasteiger charge is -2.42. The molecule has 2 aromatic rings. The first-order valence-corrected chi connectivity index (χ1v) is 20.9. The van der Waals surface area contributed by atoms with Crippen molar-refractivity contribution in [3.8, 4) is 16.9 Å². The van der Waals surface area contributed by atoms with Gasteiger partial charge in [0.2, 0.25) is 5.79 Å². The Labute approximate surface area is 256 Å². The number of hydrogen-bond donors (Lipinski definition) is 1. The fourth-order valence-corrected chi connectivity index (χ4v) is 8.16. The van der Waals surface area contributed by atoms with Crippen LogP contribution < -0.4 is 4.74 Å². The quantitative estimate of drug-likeness (QED) is 0.239. The highest BCUT2D eigenvalue weighted by Crippen LogP contribution is 2.55. The molecule has 0 aromatic heterocycles. The summed E-state index contributed by atoms with van der Waals surface area (Å²) in [6.45, 7) is 33.1. The standard InChI is InChI=1S/C35H52O5Si2/c1-15-27(39-41(11,12)33(4,5)6)24-20-25-30-23(17-22(3)18-28(30)37-10)19-29(40-42(13,14)34(7,8)9)31(25)26-21-38-35(36,16-2)32(24)26/h15-18,20,27,29,36H,1-2,19,21H2,3-14H3. The largest absolute Gasteiger partial charge is 0.496 e. The summed E-state index contributed by atoms with van der Waals surface area (Å²) in [7, 11) is -2.67. The van der Waals surface area contributed by atoms with Crippen LogP contribution in [0, 0.1) is 6.92 Å². The predicted molar refractivity (Wildman–Crippen MR) is 178 cm³/mol. The van der Waals surface area contributed by atoms with Gasteiger partial charge in [-0.05, 0) is 94.8 Å². The maximum absolute atomic E-state index is 11.8. The van der Waals surface area contributed by atoms with Gasteiger partial charge in [0.1, 0.15) is 5.75 Å². The summed E-state index contributed by atoms with van der Waals surface area (Å²) in [6.07, 6.45) is 3.42. The summed E-state index contributed by atoms with van der Waals surface area (Å²) >= 11 is 0. The monoisotopic (exact) mass is 608 g/mol. The van der Waals surface area contributed by atoms with E-state index in [0.29, 0.717) is 5.56 Å². The number of hydrogen-bond acceptors (Lipinski definition) is 5. The zero-order chi connectivity index (χ0) is 31.6. The molecule has 1 aliphatic carbocycles. The van der Waals surface area contributed by atoms with Crippen molar-refractivity contribution in [3.05, 3.63) is 76.9 Å². The van der Waals surface area contributed by atoms with Gasteiger partial charge in [0.25, 0.3) is 0 Å². The van der Waals surface area contributed by atoms with Crippen LogP contribution in [0.1, 0.15) is 87.1 Å². The molecular weight excluding hydrogens is 557 g/mol. The highest BCUT2D eigenvalue weighted by molar-refractivity contribution is 6.74. The van der Waals surface area contributed by atoms with Crippen LogP contribution in [-0.2, 0) is 32.4 Å². The number of fused-ring (bicyclic) bond motifs is 5. The van der Waals surface area contributed by atoms with Crippen molar-refractivity contribution in [1.82, 2.24) is 0 Å². The molecule has 2 aromatic carbocycles. The van der Waals surface area contributed by atoms with Gasteiger partial charge < -0.3 is 23.4 Å². The smallest absolute Gasteiger partial charge is 0.213 e. The van der Waals surface area contributed by atoms with Gasteiger partial charge in [0.05, 0.1) is 25.9 Å². The molecule has 230 valence electrons. The van der Waals surface area contributed by atoms with Gasteiger partial charge in [0.15, 0.2) is 16.6 Å². The molecule has 0 saturated heterocycles. The van der Waals surface area contributed by atoms with Crippen LogP contribution >= 0.6 is 0 Å². The Morgan fingerprint density at radius 1 is 1.02 bits per heavy atom. The van der Waals surface area contributed by atoms with Gasteiger partial charge in [-0.2, -0.15) is 0 Å². The van der Waals surface area contributed by atoms with E-state index in [9.17, 15) is 5.11 Å². The summed E-state index contributed by atoms with van der Waals surface area (Å²) < 4.78 is 26.3. The molecule has 4 rings (SSSR count). The van der Waals surface area contributed by atoms with E-state index in [4.69, 9.17) is 18.3 Å². The molecule has 3 atom stereocenters.